The van der Waals surface area contributed by atoms with Crippen LogP contribution in [0.5, 0.6) is 0 Å². The SMILES string of the molecule is CC(C)(CNc1ccc(C(=O)O)cc1[N+](=O)[O-])S(C)(=O)=O. The second-order valence-electron chi connectivity index (χ2n) is 5.18. The van der Waals surface area contributed by atoms with Gasteiger partial charge in [0.05, 0.1) is 15.2 Å². The van der Waals surface area contributed by atoms with E-state index in [0.29, 0.717) is 0 Å². The van der Waals surface area contributed by atoms with Crippen molar-refractivity contribution in [1.82, 2.24) is 0 Å². The number of hydrogen-bond donors (Lipinski definition) is 2. The predicted molar refractivity (Wildman–Crippen MR) is 77.5 cm³/mol. The first-order valence-corrected chi connectivity index (χ1v) is 7.80. The van der Waals surface area contributed by atoms with E-state index in [0.717, 1.165) is 12.3 Å². The number of rotatable bonds is 6. The van der Waals surface area contributed by atoms with Crippen LogP contribution in [-0.4, -0.2) is 42.0 Å². The molecule has 0 radical (unpaired) electrons. The van der Waals surface area contributed by atoms with Crippen molar-refractivity contribution in [3.63, 3.8) is 0 Å². The van der Waals surface area contributed by atoms with Crippen molar-refractivity contribution in [2.45, 2.75) is 18.6 Å². The standard InChI is InChI=1S/C12H16N2O6S/c1-12(2,21(3,19)20)7-13-9-5-4-8(11(15)16)6-10(9)14(17)18/h4-6,13H,7H2,1-3H3,(H,15,16). The number of nitro benzene ring substituents is 1. The lowest BCUT2D eigenvalue weighted by atomic mass is 10.1. The van der Waals surface area contributed by atoms with Gasteiger partial charge in [0.25, 0.3) is 5.69 Å². The molecule has 0 saturated carbocycles. The van der Waals surface area contributed by atoms with E-state index in [9.17, 15) is 23.3 Å². The van der Waals surface area contributed by atoms with Gasteiger partial charge in [-0.15, -0.1) is 0 Å². The van der Waals surface area contributed by atoms with E-state index < -0.39 is 31.2 Å². The summed E-state index contributed by atoms with van der Waals surface area (Å²) >= 11 is 0. The second-order valence-corrected chi connectivity index (χ2v) is 7.83. The molecule has 0 aliphatic rings. The lowest BCUT2D eigenvalue weighted by Crippen LogP contribution is -2.38. The molecule has 0 aliphatic heterocycles. The summed E-state index contributed by atoms with van der Waals surface area (Å²) < 4.78 is 22.1. The molecule has 0 bridgehead atoms. The summed E-state index contributed by atoms with van der Waals surface area (Å²) in [6, 6.07) is 3.39. The molecule has 0 atom stereocenters. The van der Waals surface area contributed by atoms with Crippen molar-refractivity contribution in [3.8, 4) is 0 Å². The fourth-order valence-electron chi connectivity index (χ4n) is 1.40. The Labute approximate surface area is 121 Å². The van der Waals surface area contributed by atoms with Crippen LogP contribution in [0, 0.1) is 10.1 Å². The van der Waals surface area contributed by atoms with Crippen LogP contribution in [0.3, 0.4) is 0 Å². The van der Waals surface area contributed by atoms with Crippen molar-refractivity contribution in [2.75, 3.05) is 18.1 Å². The van der Waals surface area contributed by atoms with Gasteiger partial charge < -0.3 is 10.4 Å². The highest BCUT2D eigenvalue weighted by atomic mass is 32.2. The predicted octanol–water partition coefficient (Wildman–Crippen LogP) is 1.53. The molecule has 21 heavy (non-hydrogen) atoms. The van der Waals surface area contributed by atoms with Crippen molar-refractivity contribution >= 4 is 27.2 Å². The Morgan fingerprint density at radius 3 is 2.43 bits per heavy atom. The Morgan fingerprint density at radius 1 is 1.43 bits per heavy atom. The number of carboxylic acid groups (broad SMARTS) is 1. The van der Waals surface area contributed by atoms with Gasteiger partial charge in [-0.05, 0) is 26.0 Å². The molecule has 9 heteroatoms. The van der Waals surface area contributed by atoms with Crippen molar-refractivity contribution in [1.29, 1.82) is 0 Å². The smallest absolute Gasteiger partial charge is 0.335 e. The number of carboxylic acids is 1. The van der Waals surface area contributed by atoms with Gasteiger partial charge in [-0.25, -0.2) is 13.2 Å². The molecule has 1 aromatic carbocycles. The minimum absolute atomic E-state index is 0.0426. The van der Waals surface area contributed by atoms with Crippen LogP contribution in [0.4, 0.5) is 11.4 Å². The quantitative estimate of drug-likeness (QED) is 0.601. The topological polar surface area (TPSA) is 127 Å². The third-order valence-electron chi connectivity index (χ3n) is 3.15. The molecule has 0 spiro atoms. The zero-order valence-electron chi connectivity index (χ0n) is 11.8. The Bertz CT molecular complexity index is 681. The third kappa shape index (κ3) is 3.91. The Hall–Kier alpha value is -2.16. The highest BCUT2D eigenvalue weighted by Crippen LogP contribution is 2.27. The minimum atomic E-state index is -3.35. The second kappa shape index (κ2) is 5.68. The Morgan fingerprint density at radius 2 is 2.00 bits per heavy atom. The molecule has 0 amide bonds. The van der Waals surface area contributed by atoms with Gasteiger partial charge in [-0.3, -0.25) is 10.1 Å². The molecule has 0 aromatic heterocycles. The van der Waals surface area contributed by atoms with E-state index in [-0.39, 0.29) is 17.8 Å². The lowest BCUT2D eigenvalue weighted by Gasteiger charge is -2.23. The summed E-state index contributed by atoms with van der Waals surface area (Å²) in [6.45, 7) is 2.94. The van der Waals surface area contributed by atoms with Crippen molar-refractivity contribution in [3.05, 3.63) is 33.9 Å². The number of sulfone groups is 1. The van der Waals surface area contributed by atoms with Crippen LogP contribution in [0.2, 0.25) is 0 Å². The number of anilines is 1. The minimum Gasteiger partial charge on any atom is -0.478 e. The largest absolute Gasteiger partial charge is 0.478 e. The summed E-state index contributed by atoms with van der Waals surface area (Å²) in [5, 5.41) is 22.5. The molecule has 2 N–H and O–H groups in total. The molecular formula is C12H16N2O6S. The van der Waals surface area contributed by atoms with Crippen LogP contribution < -0.4 is 5.32 Å². The summed E-state index contributed by atoms with van der Waals surface area (Å²) in [7, 11) is -3.35. The number of benzene rings is 1. The van der Waals surface area contributed by atoms with Gasteiger partial charge in [-0.1, -0.05) is 0 Å². The van der Waals surface area contributed by atoms with Gasteiger partial charge in [0.15, 0.2) is 9.84 Å². The first-order chi connectivity index (χ1) is 9.45. The summed E-state index contributed by atoms with van der Waals surface area (Å²) in [5.74, 6) is -1.28. The third-order valence-corrected chi connectivity index (χ3v) is 5.30. The molecule has 116 valence electrons. The number of nitro groups is 1. The monoisotopic (exact) mass is 316 g/mol. The summed E-state index contributed by atoms with van der Waals surface area (Å²) in [4.78, 5) is 21.1. The van der Waals surface area contributed by atoms with Gasteiger partial charge >= 0.3 is 5.97 Å². The molecule has 1 rings (SSSR count). The lowest BCUT2D eigenvalue weighted by molar-refractivity contribution is -0.384. The highest BCUT2D eigenvalue weighted by Gasteiger charge is 2.30. The fourth-order valence-corrected chi connectivity index (χ4v) is 1.74. The molecular weight excluding hydrogens is 300 g/mol. The van der Waals surface area contributed by atoms with Gasteiger partial charge in [0.2, 0.25) is 0 Å². The van der Waals surface area contributed by atoms with Crippen LogP contribution >= 0.6 is 0 Å². The van der Waals surface area contributed by atoms with E-state index in [2.05, 4.69) is 5.32 Å². The van der Waals surface area contributed by atoms with Gasteiger partial charge in [-0.2, -0.15) is 0 Å². The van der Waals surface area contributed by atoms with E-state index in [4.69, 9.17) is 5.11 Å². The summed E-state index contributed by atoms with van der Waals surface area (Å²) in [6.07, 6.45) is 1.08. The number of aromatic carboxylic acids is 1. The molecule has 0 unspecified atom stereocenters. The fraction of sp³-hybridized carbons (Fsp3) is 0.417. The van der Waals surface area contributed by atoms with E-state index in [1.807, 2.05) is 0 Å². The van der Waals surface area contributed by atoms with Crippen LogP contribution in [0.1, 0.15) is 24.2 Å². The van der Waals surface area contributed by atoms with Crippen LogP contribution in [0.15, 0.2) is 18.2 Å². The number of nitrogens with one attached hydrogen (secondary N) is 1. The van der Waals surface area contributed by atoms with Crippen molar-refractivity contribution in [2.24, 2.45) is 0 Å². The van der Waals surface area contributed by atoms with Gasteiger partial charge in [0.1, 0.15) is 5.69 Å². The van der Waals surface area contributed by atoms with E-state index >= 15 is 0 Å². The Kier molecular flexibility index (Phi) is 4.57. The summed E-state index contributed by atoms with van der Waals surface area (Å²) in [5.41, 5.74) is -0.560. The number of nitrogens with zero attached hydrogens (tertiary/aromatic N) is 1. The average Bonchev–Trinajstić information content (AvgIpc) is 2.34. The normalized spacial score (nSPS) is 12.0. The maximum Gasteiger partial charge on any atom is 0.335 e. The zero-order chi connectivity index (χ0) is 16.4. The highest BCUT2D eigenvalue weighted by molar-refractivity contribution is 7.92. The Balaban J connectivity index is 3.10. The van der Waals surface area contributed by atoms with E-state index in [1.54, 1.807) is 0 Å². The first-order valence-electron chi connectivity index (χ1n) is 5.91. The van der Waals surface area contributed by atoms with Gasteiger partial charge in [0, 0.05) is 18.9 Å². The van der Waals surface area contributed by atoms with Crippen LogP contribution in [0.25, 0.3) is 0 Å². The maximum absolute atomic E-state index is 11.6. The zero-order valence-corrected chi connectivity index (χ0v) is 12.6. The average molecular weight is 316 g/mol. The number of carbonyl (C=O) groups is 1. The molecule has 8 nitrogen and oxygen atoms in total. The van der Waals surface area contributed by atoms with E-state index in [1.165, 1.54) is 26.0 Å². The molecule has 1 aromatic rings. The molecule has 0 heterocycles. The van der Waals surface area contributed by atoms with Crippen molar-refractivity contribution < 1.29 is 23.2 Å². The molecule has 0 aliphatic carbocycles. The molecule has 0 saturated heterocycles. The number of hydrogen-bond acceptors (Lipinski definition) is 6. The molecule has 0 fully saturated rings. The first kappa shape index (κ1) is 16.9. The maximum atomic E-state index is 11.6. The van der Waals surface area contributed by atoms with Crippen LogP contribution in [-0.2, 0) is 9.84 Å².